The molecule has 0 saturated carbocycles. The molecule has 4 nitrogen and oxygen atoms in total. The molecular weight excluding hydrogens is 1150 g/mol. The molecule has 8 heterocycles. The second-order valence-electron chi connectivity index (χ2n) is 13.7. The van der Waals surface area contributed by atoms with Gasteiger partial charge in [0.25, 0.3) is 0 Å². The molecule has 4 aliphatic heterocycles. The Labute approximate surface area is 412 Å². The van der Waals surface area contributed by atoms with E-state index in [4.69, 9.17) is 0 Å². The Balaban J connectivity index is 0.000000443. The van der Waals surface area contributed by atoms with Gasteiger partial charge in [-0.15, -0.1) is 0 Å². The van der Waals surface area contributed by atoms with Gasteiger partial charge in [-0.25, -0.2) is 18.3 Å². The molecule has 18 heteroatoms. The monoisotopic (exact) mass is 1220 g/mol. The zero-order valence-electron chi connectivity index (χ0n) is 34.6. The van der Waals surface area contributed by atoms with Crippen molar-refractivity contribution in [3.05, 3.63) is 98.1 Å². The number of hydrogen-bond donors (Lipinski definition) is 0. The SMILES string of the molecule is CCCCC[n+]1ccc(-c2cc[n+](CCCCC)cc2)cc1.CCCCC[n+]1ccc(-c2cc[n+](CCCCC)cc2)cc1.[SH-].[SH-].[SH-].[SH-].[S]1[Ge]2[S][Ge]3[S][Ge]1[S][Ge]([S]2)[S]3. The van der Waals surface area contributed by atoms with Gasteiger partial charge in [-0.05, 0) is 47.9 Å². The number of aryl methyl sites for hydroxylation is 4. The van der Waals surface area contributed by atoms with Gasteiger partial charge in [0.05, 0.1) is 0 Å². The summed E-state index contributed by atoms with van der Waals surface area (Å²) in [5.41, 5.74) is 5.19. The Hall–Kier alpha value is 2.27. The predicted molar refractivity (Wildman–Crippen MR) is 286 cm³/mol. The molecule has 0 aliphatic carbocycles. The second kappa shape index (κ2) is 34.6. The third-order valence-electron chi connectivity index (χ3n) is 9.31. The Bertz CT molecular complexity index is 1350. The quantitative estimate of drug-likeness (QED) is 0.0314. The zero-order valence-corrected chi connectivity index (χ0v) is 51.4. The van der Waals surface area contributed by atoms with E-state index in [1.54, 1.807) is 0 Å². The van der Waals surface area contributed by atoms with Crippen LogP contribution in [-0.4, -0.2) is 43.7 Å². The van der Waals surface area contributed by atoms with Gasteiger partial charge in [0.1, 0.15) is 26.2 Å². The molecule has 4 aliphatic rings. The summed E-state index contributed by atoms with van der Waals surface area (Å²) in [6, 6.07) is 17.8. The van der Waals surface area contributed by atoms with Gasteiger partial charge >= 0.3 is 94.2 Å². The van der Waals surface area contributed by atoms with Gasteiger partial charge in [-0.1, -0.05) is 53.4 Å². The summed E-state index contributed by atoms with van der Waals surface area (Å²) >= 11 is 0. The minimum absolute atomic E-state index is 0. The number of thiol groups is 4. The van der Waals surface area contributed by atoms with Crippen molar-refractivity contribution in [1.82, 2.24) is 0 Å². The van der Waals surface area contributed by atoms with E-state index in [2.05, 4.69) is 195 Å². The summed E-state index contributed by atoms with van der Waals surface area (Å²) in [5, 5.41) is 0. The Morgan fingerprint density at radius 3 is 0.638 bits per heavy atom. The molecule has 0 spiro atoms. The number of hydrogen-bond acceptors (Lipinski definition) is 10. The van der Waals surface area contributed by atoms with Crippen LogP contribution in [0.1, 0.15) is 105 Å². The molecule has 8 rings (SSSR count). The third kappa shape index (κ3) is 21.5. The summed E-state index contributed by atoms with van der Waals surface area (Å²) in [6.07, 6.45) is 33.0. The molecule has 4 aromatic rings. The standard InChI is InChI=1S/2C20H30N2.Ge4S6.4H2S/c2*1-3-5-7-13-21-15-9-19(10-16-21)20-11-17-22(18-12-20)14-8-6-4-2;5-1-6-3-8-2(5)9-4(7-1)10-3;;;;/h2*9-12,15-18H,3-8,13-14H2,1-2H3;;4*1H2/q2*+2;;;;;/p-4. The first-order chi connectivity index (χ1) is 26.6. The van der Waals surface area contributed by atoms with E-state index in [9.17, 15) is 0 Å². The van der Waals surface area contributed by atoms with E-state index in [1.807, 2.05) is 0 Å². The van der Waals surface area contributed by atoms with Crippen LogP contribution in [0.25, 0.3) is 22.3 Å². The van der Waals surface area contributed by atoms with E-state index in [0.29, 0.717) is 0 Å². The molecule has 0 atom stereocenters. The van der Waals surface area contributed by atoms with Crippen LogP contribution in [0.3, 0.4) is 0 Å². The molecule has 4 aromatic heterocycles. The number of rotatable bonds is 18. The van der Waals surface area contributed by atoms with Crippen molar-refractivity contribution in [3.63, 3.8) is 0 Å². The van der Waals surface area contributed by atoms with Crippen LogP contribution in [0.5, 0.6) is 0 Å². The van der Waals surface area contributed by atoms with Gasteiger partial charge in [-0.2, -0.15) is 0 Å². The Kier molecular flexibility index (Phi) is 34.8. The van der Waals surface area contributed by atoms with Crippen molar-refractivity contribution in [2.45, 2.75) is 131 Å². The van der Waals surface area contributed by atoms with Gasteiger partial charge in [0.15, 0.2) is 49.6 Å². The first-order valence-electron chi connectivity index (χ1n) is 20.1. The van der Waals surface area contributed by atoms with E-state index >= 15 is 0 Å². The van der Waals surface area contributed by atoms with Crippen LogP contribution in [0.4, 0.5) is 0 Å². The van der Waals surface area contributed by atoms with E-state index in [-0.39, 0.29) is 54.0 Å². The van der Waals surface area contributed by atoms with E-state index in [1.165, 1.54) is 99.3 Å². The first-order valence-corrected chi connectivity index (χ1v) is 55.8. The topological polar surface area (TPSA) is 15.5 Å². The van der Waals surface area contributed by atoms with Crippen molar-refractivity contribution in [2.24, 2.45) is 0 Å². The normalized spacial score (nSPS) is 14.4. The van der Waals surface area contributed by atoms with Crippen molar-refractivity contribution < 1.29 is 18.3 Å². The summed E-state index contributed by atoms with van der Waals surface area (Å²) in [7, 11) is 13.7. The first kappa shape index (κ1) is 58.3. The molecule has 4 radical (unpaired) electrons. The van der Waals surface area contributed by atoms with Crippen LogP contribution in [0.2, 0.25) is 0 Å². The van der Waals surface area contributed by atoms with Crippen LogP contribution in [0.15, 0.2) is 98.1 Å². The second-order valence-corrected chi connectivity index (χ2v) is 108. The summed E-state index contributed by atoms with van der Waals surface area (Å²) < 4.78 is 9.14. The van der Waals surface area contributed by atoms with Crippen LogP contribution in [0, 0.1) is 0 Å². The van der Waals surface area contributed by atoms with Crippen LogP contribution in [-0.2, 0) is 80.2 Å². The van der Waals surface area contributed by atoms with Crippen molar-refractivity contribution in [1.29, 1.82) is 0 Å². The number of aromatic nitrogens is 4. The number of nitrogens with zero attached hydrogens (tertiary/aromatic N) is 4. The van der Waals surface area contributed by atoms with Crippen molar-refractivity contribution in [2.75, 3.05) is 0 Å². The third-order valence-corrected chi connectivity index (χ3v) is 251. The molecular formula is C40H64Ge4N4S10. The Morgan fingerprint density at radius 1 is 0.310 bits per heavy atom. The average Bonchev–Trinajstić information content (AvgIpc) is 3.20. The maximum atomic E-state index is 2.56. The number of pyridine rings is 4. The van der Waals surface area contributed by atoms with Crippen molar-refractivity contribution >= 4 is 148 Å². The molecule has 0 unspecified atom stereocenters. The molecule has 4 bridgehead atoms. The summed E-state index contributed by atoms with van der Waals surface area (Å²) in [5.74, 6) is 0. The number of unbranched alkanes of at least 4 members (excludes halogenated alkanes) is 8. The maximum absolute atomic E-state index is 2.56. The fraction of sp³-hybridized carbons (Fsp3) is 0.500. The Morgan fingerprint density at radius 2 is 0.483 bits per heavy atom. The van der Waals surface area contributed by atoms with E-state index < -0.39 is 43.7 Å². The van der Waals surface area contributed by atoms with Gasteiger partial charge in [0.2, 0.25) is 0 Å². The molecule has 0 aromatic carbocycles. The van der Waals surface area contributed by atoms with E-state index in [0.717, 1.165) is 26.2 Å². The molecule has 58 heavy (non-hydrogen) atoms. The van der Waals surface area contributed by atoms with Gasteiger partial charge in [0, 0.05) is 74.2 Å². The fourth-order valence-electron chi connectivity index (χ4n) is 6.03. The minimum atomic E-state index is -0.427. The molecule has 4 fully saturated rings. The molecule has 0 N–H and O–H groups in total. The van der Waals surface area contributed by atoms with Gasteiger partial charge in [-0.3, -0.25) is 0 Å². The van der Waals surface area contributed by atoms with Crippen LogP contribution >= 0.6 is 50.5 Å². The molecule has 320 valence electrons. The van der Waals surface area contributed by atoms with Gasteiger partial charge < -0.3 is 54.0 Å². The summed E-state index contributed by atoms with van der Waals surface area (Å²) in [4.78, 5) is 0. The van der Waals surface area contributed by atoms with Crippen LogP contribution < -0.4 is 18.3 Å². The molecule has 4 saturated heterocycles. The zero-order chi connectivity index (χ0) is 37.8. The van der Waals surface area contributed by atoms with Crippen molar-refractivity contribution in [3.8, 4) is 22.3 Å². The fourth-order valence-corrected chi connectivity index (χ4v) is 619. The summed E-state index contributed by atoms with van der Waals surface area (Å²) in [6.45, 7) is 13.5. The average molecular weight is 1210 g/mol. The predicted octanol–water partition coefficient (Wildman–Crippen LogP) is 9.90. The molecule has 0 amide bonds.